The molecule has 0 spiro atoms. The molecular formula is C13H10N4O8. The van der Waals surface area contributed by atoms with Crippen LogP contribution < -0.4 is 0 Å². The number of hydrogen-bond acceptors (Lipinski definition) is 9. The monoisotopic (exact) mass is 350 g/mol. The first-order valence-corrected chi connectivity index (χ1v) is 6.68. The molecule has 2 amide bonds. The van der Waals surface area contributed by atoms with Gasteiger partial charge >= 0.3 is 12.1 Å². The van der Waals surface area contributed by atoms with Crippen molar-refractivity contribution in [1.82, 2.24) is 5.06 Å². The Balaban J connectivity index is 1.84. The lowest BCUT2D eigenvalue weighted by Gasteiger charge is -2.12. The average molecular weight is 350 g/mol. The number of imide groups is 1. The van der Waals surface area contributed by atoms with E-state index >= 15 is 0 Å². The van der Waals surface area contributed by atoms with Crippen LogP contribution in [0.5, 0.6) is 5.75 Å². The van der Waals surface area contributed by atoms with E-state index in [2.05, 4.69) is 24.3 Å². The molecule has 25 heavy (non-hydrogen) atoms. The van der Waals surface area contributed by atoms with E-state index in [0.717, 1.165) is 12.1 Å². The minimum Gasteiger partial charge on any atom is -0.507 e. The number of carbonyl (C=O) groups is 4. The van der Waals surface area contributed by atoms with Gasteiger partial charge in [0.1, 0.15) is 11.3 Å². The molecule has 0 saturated carbocycles. The Labute approximate surface area is 139 Å². The molecule has 1 aromatic rings. The van der Waals surface area contributed by atoms with Crippen LogP contribution in [-0.4, -0.2) is 40.9 Å². The predicted octanol–water partition coefficient (Wildman–Crippen LogP) is 1.67. The molecule has 2 rings (SSSR count). The Kier molecular flexibility index (Phi) is 5.38. The SMILES string of the molecule is [N-]=[N+]=Nc1ccc(C(=O)OCOC(=O)ON2C(=O)CCC2=O)c(O)c1. The van der Waals surface area contributed by atoms with Gasteiger partial charge in [0, 0.05) is 23.4 Å². The van der Waals surface area contributed by atoms with Gasteiger partial charge in [-0.05, 0) is 17.7 Å². The van der Waals surface area contributed by atoms with E-state index in [1.807, 2.05) is 0 Å². The number of phenols is 1. The van der Waals surface area contributed by atoms with Crippen molar-refractivity contribution in [2.24, 2.45) is 5.11 Å². The first kappa shape index (κ1) is 17.6. The standard InChI is InChI=1S/C13H10N4O8/c14-16-15-7-1-2-8(9(18)5-7)12(21)23-6-24-13(22)25-17-10(19)3-4-11(17)20/h1-2,5,18H,3-4,6H2. The van der Waals surface area contributed by atoms with Crippen molar-refractivity contribution in [3.8, 4) is 5.75 Å². The van der Waals surface area contributed by atoms with E-state index in [0.29, 0.717) is 0 Å². The molecule has 1 fully saturated rings. The Morgan fingerprint density at radius 1 is 1.24 bits per heavy atom. The molecule has 0 atom stereocenters. The highest BCUT2D eigenvalue weighted by atomic mass is 16.9. The highest BCUT2D eigenvalue weighted by Crippen LogP contribution is 2.24. The summed E-state index contributed by atoms with van der Waals surface area (Å²) in [5, 5.41) is 13.2. The fourth-order valence-electron chi connectivity index (χ4n) is 1.77. The van der Waals surface area contributed by atoms with Crippen LogP contribution in [0.15, 0.2) is 23.3 Å². The van der Waals surface area contributed by atoms with Crippen LogP contribution in [-0.2, 0) is 23.9 Å². The minimum absolute atomic E-state index is 0.0772. The smallest absolute Gasteiger partial charge is 0.507 e. The zero-order valence-electron chi connectivity index (χ0n) is 12.4. The van der Waals surface area contributed by atoms with Gasteiger partial charge in [0.15, 0.2) is 0 Å². The summed E-state index contributed by atoms with van der Waals surface area (Å²) in [5.74, 6) is -2.93. The normalized spacial score (nSPS) is 13.2. The van der Waals surface area contributed by atoms with Crippen LogP contribution in [0.25, 0.3) is 10.4 Å². The van der Waals surface area contributed by atoms with Crippen molar-refractivity contribution in [2.45, 2.75) is 12.8 Å². The molecule has 1 saturated heterocycles. The molecule has 1 aliphatic rings. The maximum absolute atomic E-state index is 11.7. The largest absolute Gasteiger partial charge is 0.536 e. The van der Waals surface area contributed by atoms with Crippen molar-refractivity contribution in [1.29, 1.82) is 0 Å². The summed E-state index contributed by atoms with van der Waals surface area (Å²) in [6, 6.07) is 3.44. The van der Waals surface area contributed by atoms with Gasteiger partial charge in [-0.2, -0.15) is 0 Å². The van der Waals surface area contributed by atoms with Crippen molar-refractivity contribution < 1.29 is 38.6 Å². The molecule has 0 aliphatic carbocycles. The molecule has 0 bridgehead atoms. The Morgan fingerprint density at radius 2 is 1.92 bits per heavy atom. The average Bonchev–Trinajstić information content (AvgIpc) is 2.87. The van der Waals surface area contributed by atoms with Gasteiger partial charge in [-0.1, -0.05) is 16.2 Å². The third kappa shape index (κ3) is 4.36. The number of hydrogen-bond donors (Lipinski definition) is 1. The molecule has 1 N–H and O–H groups in total. The van der Waals surface area contributed by atoms with Gasteiger partial charge in [0.05, 0.1) is 0 Å². The van der Waals surface area contributed by atoms with Crippen molar-refractivity contribution in [3.05, 3.63) is 34.2 Å². The molecule has 1 aliphatic heterocycles. The Hall–Kier alpha value is -3.79. The highest BCUT2D eigenvalue weighted by Gasteiger charge is 2.33. The second-order valence-corrected chi connectivity index (χ2v) is 4.51. The Morgan fingerprint density at radius 3 is 2.52 bits per heavy atom. The van der Waals surface area contributed by atoms with E-state index < -0.39 is 36.5 Å². The molecule has 0 aromatic heterocycles. The first-order chi connectivity index (χ1) is 11.9. The van der Waals surface area contributed by atoms with Gasteiger partial charge in [-0.3, -0.25) is 14.4 Å². The second-order valence-electron chi connectivity index (χ2n) is 4.51. The molecule has 12 nitrogen and oxygen atoms in total. The number of hydroxylamine groups is 2. The van der Waals surface area contributed by atoms with Crippen LogP contribution in [0, 0.1) is 0 Å². The van der Waals surface area contributed by atoms with E-state index in [4.69, 9.17) is 5.53 Å². The van der Waals surface area contributed by atoms with E-state index in [1.54, 1.807) is 0 Å². The first-order valence-electron chi connectivity index (χ1n) is 6.68. The summed E-state index contributed by atoms with van der Waals surface area (Å²) >= 11 is 0. The highest BCUT2D eigenvalue weighted by molar-refractivity contribution is 6.01. The van der Waals surface area contributed by atoms with E-state index in [1.165, 1.54) is 6.07 Å². The number of rotatable bonds is 5. The van der Waals surface area contributed by atoms with Crippen LogP contribution in [0.1, 0.15) is 23.2 Å². The van der Waals surface area contributed by atoms with Crippen LogP contribution in [0.3, 0.4) is 0 Å². The van der Waals surface area contributed by atoms with E-state index in [-0.39, 0.29) is 29.2 Å². The zero-order chi connectivity index (χ0) is 18.4. The predicted molar refractivity (Wildman–Crippen MR) is 75.8 cm³/mol. The molecule has 1 aromatic carbocycles. The number of ether oxygens (including phenoxy) is 2. The summed E-state index contributed by atoms with van der Waals surface area (Å²) in [4.78, 5) is 52.4. The zero-order valence-corrected chi connectivity index (χ0v) is 12.4. The fourth-order valence-corrected chi connectivity index (χ4v) is 1.77. The second kappa shape index (κ2) is 7.66. The minimum atomic E-state index is -1.42. The van der Waals surface area contributed by atoms with Crippen molar-refractivity contribution >= 4 is 29.6 Å². The fraction of sp³-hybridized carbons (Fsp3) is 0.231. The third-order valence-corrected chi connectivity index (χ3v) is 2.90. The third-order valence-electron chi connectivity index (χ3n) is 2.90. The number of carbonyl (C=O) groups excluding carboxylic acids is 4. The Bertz CT molecular complexity index is 770. The lowest BCUT2D eigenvalue weighted by molar-refractivity contribution is -0.179. The summed E-state index contributed by atoms with van der Waals surface area (Å²) in [6.07, 6.45) is -1.57. The maximum atomic E-state index is 11.7. The maximum Gasteiger partial charge on any atom is 0.536 e. The van der Waals surface area contributed by atoms with Crippen LogP contribution >= 0.6 is 0 Å². The quantitative estimate of drug-likeness (QED) is 0.209. The summed E-state index contributed by atoms with van der Waals surface area (Å²) in [6.45, 7) is -0.884. The number of aromatic hydroxyl groups is 1. The number of benzene rings is 1. The molecule has 0 radical (unpaired) electrons. The summed E-state index contributed by atoms with van der Waals surface area (Å²) < 4.78 is 8.98. The molecule has 0 unspecified atom stereocenters. The van der Waals surface area contributed by atoms with Gasteiger partial charge in [0.25, 0.3) is 11.8 Å². The van der Waals surface area contributed by atoms with Gasteiger partial charge in [-0.15, -0.1) is 0 Å². The van der Waals surface area contributed by atoms with Gasteiger partial charge in [0.2, 0.25) is 6.79 Å². The number of esters is 1. The lowest BCUT2D eigenvalue weighted by atomic mass is 10.2. The number of amides is 2. The molecular weight excluding hydrogens is 340 g/mol. The van der Waals surface area contributed by atoms with Crippen molar-refractivity contribution in [2.75, 3.05) is 6.79 Å². The topological polar surface area (TPSA) is 168 Å². The van der Waals surface area contributed by atoms with Gasteiger partial charge in [-0.25, -0.2) is 9.59 Å². The van der Waals surface area contributed by atoms with Crippen molar-refractivity contribution in [3.63, 3.8) is 0 Å². The van der Waals surface area contributed by atoms with E-state index in [9.17, 15) is 24.3 Å². The molecule has 12 heteroatoms. The summed E-state index contributed by atoms with van der Waals surface area (Å²) in [7, 11) is 0. The van der Waals surface area contributed by atoms with Crippen LogP contribution in [0.2, 0.25) is 0 Å². The number of nitrogens with zero attached hydrogens (tertiary/aromatic N) is 4. The molecule has 1 heterocycles. The van der Waals surface area contributed by atoms with Gasteiger partial charge < -0.3 is 14.6 Å². The molecule has 130 valence electrons. The number of azide groups is 1. The lowest BCUT2D eigenvalue weighted by Crippen LogP contribution is -2.32. The number of phenolic OH excluding ortho intramolecular Hbond substituents is 1. The van der Waals surface area contributed by atoms with Crippen LogP contribution in [0.4, 0.5) is 10.5 Å². The summed E-state index contributed by atoms with van der Waals surface area (Å²) in [5.41, 5.74) is 8.09.